The Balaban J connectivity index is 1.81. The maximum absolute atomic E-state index is 9.47. The highest BCUT2D eigenvalue weighted by Gasteiger charge is 2.04. The Hall–Kier alpha value is -1.64. The van der Waals surface area contributed by atoms with E-state index >= 15 is 0 Å². The molecule has 0 saturated carbocycles. The average molecular weight is 269 g/mol. The van der Waals surface area contributed by atoms with E-state index in [1.54, 1.807) is 6.92 Å². The first kappa shape index (κ1) is 14.8. The quantitative estimate of drug-likeness (QED) is 0.839. The van der Waals surface area contributed by atoms with Crippen molar-refractivity contribution < 1.29 is 5.11 Å². The Morgan fingerprint density at radius 3 is 2.15 bits per heavy atom. The monoisotopic (exact) mass is 269 g/mol. The van der Waals surface area contributed by atoms with Crippen molar-refractivity contribution in [3.05, 3.63) is 71.3 Å². The lowest BCUT2D eigenvalue weighted by atomic mass is 10.0. The first-order valence-corrected chi connectivity index (χ1v) is 7.19. The zero-order valence-electron chi connectivity index (χ0n) is 12.2. The molecule has 0 spiro atoms. The molecule has 20 heavy (non-hydrogen) atoms. The molecule has 2 aromatic carbocycles. The molecular formula is C18H23NO. The van der Waals surface area contributed by atoms with E-state index in [0.717, 1.165) is 18.7 Å². The largest absolute Gasteiger partial charge is 0.389 e. The summed E-state index contributed by atoms with van der Waals surface area (Å²) >= 11 is 0. The van der Waals surface area contributed by atoms with Crippen molar-refractivity contribution in [3.63, 3.8) is 0 Å². The Labute approximate surface area is 121 Å². The zero-order chi connectivity index (χ0) is 14.4. The van der Waals surface area contributed by atoms with Crippen LogP contribution in [0.25, 0.3) is 0 Å². The highest BCUT2D eigenvalue weighted by molar-refractivity contribution is 5.24. The summed E-state index contributed by atoms with van der Waals surface area (Å²) in [7, 11) is 0. The van der Waals surface area contributed by atoms with Crippen LogP contribution in [-0.2, 0) is 6.54 Å². The Morgan fingerprint density at radius 1 is 0.900 bits per heavy atom. The zero-order valence-corrected chi connectivity index (χ0v) is 12.2. The normalized spacial score (nSPS) is 13.9. The fourth-order valence-corrected chi connectivity index (χ4v) is 2.25. The van der Waals surface area contributed by atoms with Crippen molar-refractivity contribution in [3.8, 4) is 0 Å². The fourth-order valence-electron chi connectivity index (χ4n) is 2.25. The SMILES string of the molecule is CC(O)c1ccc(CNCC(C)c2ccccc2)cc1. The third kappa shape index (κ3) is 4.19. The Kier molecular flexibility index (Phi) is 5.33. The van der Waals surface area contributed by atoms with Crippen LogP contribution in [0.4, 0.5) is 0 Å². The third-order valence-electron chi connectivity index (χ3n) is 3.61. The van der Waals surface area contributed by atoms with Crippen molar-refractivity contribution in [1.82, 2.24) is 5.32 Å². The van der Waals surface area contributed by atoms with Crippen LogP contribution in [-0.4, -0.2) is 11.7 Å². The molecule has 0 bridgehead atoms. The molecule has 0 amide bonds. The van der Waals surface area contributed by atoms with Crippen molar-refractivity contribution in [2.75, 3.05) is 6.54 Å². The molecule has 106 valence electrons. The summed E-state index contributed by atoms with van der Waals surface area (Å²) in [5.74, 6) is 0.507. The number of benzene rings is 2. The summed E-state index contributed by atoms with van der Waals surface area (Å²) < 4.78 is 0. The minimum Gasteiger partial charge on any atom is -0.389 e. The molecular weight excluding hydrogens is 246 g/mol. The van der Waals surface area contributed by atoms with Gasteiger partial charge in [0.1, 0.15) is 0 Å². The molecule has 2 aromatic rings. The number of nitrogens with one attached hydrogen (secondary N) is 1. The van der Waals surface area contributed by atoms with Crippen molar-refractivity contribution in [1.29, 1.82) is 0 Å². The summed E-state index contributed by atoms with van der Waals surface area (Å²) in [5.41, 5.74) is 3.57. The van der Waals surface area contributed by atoms with Crippen LogP contribution in [0, 0.1) is 0 Å². The average Bonchev–Trinajstić information content (AvgIpc) is 2.48. The van der Waals surface area contributed by atoms with Crippen LogP contribution in [0.3, 0.4) is 0 Å². The predicted octanol–water partition coefficient (Wildman–Crippen LogP) is 3.63. The van der Waals surface area contributed by atoms with Gasteiger partial charge in [-0.25, -0.2) is 0 Å². The van der Waals surface area contributed by atoms with Gasteiger partial charge < -0.3 is 10.4 Å². The Bertz CT molecular complexity index is 505. The molecule has 0 aromatic heterocycles. The molecule has 0 aliphatic rings. The smallest absolute Gasteiger partial charge is 0.0761 e. The first-order chi connectivity index (χ1) is 9.66. The molecule has 2 heteroatoms. The van der Waals surface area contributed by atoms with E-state index in [-0.39, 0.29) is 0 Å². The number of aliphatic hydroxyl groups excluding tert-OH is 1. The van der Waals surface area contributed by atoms with Crippen LogP contribution in [0.15, 0.2) is 54.6 Å². The van der Waals surface area contributed by atoms with Gasteiger partial charge in [0.2, 0.25) is 0 Å². The molecule has 2 N–H and O–H groups in total. The van der Waals surface area contributed by atoms with E-state index in [4.69, 9.17) is 0 Å². The molecule has 0 aliphatic carbocycles. The molecule has 0 fully saturated rings. The van der Waals surface area contributed by atoms with Gasteiger partial charge >= 0.3 is 0 Å². The molecule has 0 saturated heterocycles. The van der Waals surface area contributed by atoms with Crippen molar-refractivity contribution in [2.24, 2.45) is 0 Å². The summed E-state index contributed by atoms with van der Waals surface area (Å²) in [4.78, 5) is 0. The predicted molar refractivity (Wildman–Crippen MR) is 83.6 cm³/mol. The maximum Gasteiger partial charge on any atom is 0.0761 e. The fraction of sp³-hybridized carbons (Fsp3) is 0.333. The van der Waals surface area contributed by atoms with E-state index < -0.39 is 6.10 Å². The van der Waals surface area contributed by atoms with Gasteiger partial charge in [0.25, 0.3) is 0 Å². The topological polar surface area (TPSA) is 32.3 Å². The summed E-state index contributed by atoms with van der Waals surface area (Å²) in [5, 5.41) is 13.0. The highest BCUT2D eigenvalue weighted by Crippen LogP contribution is 2.14. The van der Waals surface area contributed by atoms with Crippen LogP contribution < -0.4 is 5.32 Å². The van der Waals surface area contributed by atoms with Crippen LogP contribution >= 0.6 is 0 Å². The van der Waals surface area contributed by atoms with E-state index in [2.05, 4.69) is 48.6 Å². The standard InChI is InChI=1S/C18H23NO/c1-14(17-6-4-3-5-7-17)12-19-13-16-8-10-18(11-9-16)15(2)20/h3-11,14-15,19-20H,12-13H2,1-2H3. The number of hydrogen-bond donors (Lipinski definition) is 2. The lowest BCUT2D eigenvalue weighted by molar-refractivity contribution is 0.199. The second-order valence-corrected chi connectivity index (χ2v) is 5.36. The van der Waals surface area contributed by atoms with E-state index in [1.807, 2.05) is 18.2 Å². The van der Waals surface area contributed by atoms with Gasteiger partial charge in [0.05, 0.1) is 6.10 Å². The van der Waals surface area contributed by atoms with Crippen molar-refractivity contribution >= 4 is 0 Å². The van der Waals surface area contributed by atoms with Gasteiger partial charge in [-0.3, -0.25) is 0 Å². The van der Waals surface area contributed by atoms with Gasteiger partial charge in [-0.1, -0.05) is 61.5 Å². The minimum atomic E-state index is -0.393. The molecule has 0 radical (unpaired) electrons. The van der Waals surface area contributed by atoms with Crippen LogP contribution in [0.5, 0.6) is 0 Å². The third-order valence-corrected chi connectivity index (χ3v) is 3.61. The summed E-state index contributed by atoms with van der Waals surface area (Å²) in [6, 6.07) is 18.7. The van der Waals surface area contributed by atoms with Gasteiger partial charge in [-0.05, 0) is 29.5 Å². The van der Waals surface area contributed by atoms with Gasteiger partial charge in [-0.2, -0.15) is 0 Å². The number of hydrogen-bond acceptors (Lipinski definition) is 2. The second-order valence-electron chi connectivity index (χ2n) is 5.36. The van der Waals surface area contributed by atoms with E-state index in [0.29, 0.717) is 5.92 Å². The molecule has 2 unspecified atom stereocenters. The van der Waals surface area contributed by atoms with Crippen LogP contribution in [0.1, 0.15) is 42.6 Å². The summed E-state index contributed by atoms with van der Waals surface area (Å²) in [6.07, 6.45) is -0.393. The van der Waals surface area contributed by atoms with Gasteiger partial charge in [0, 0.05) is 13.1 Å². The van der Waals surface area contributed by atoms with Crippen molar-refractivity contribution in [2.45, 2.75) is 32.4 Å². The molecule has 0 heterocycles. The molecule has 0 aliphatic heterocycles. The highest BCUT2D eigenvalue weighted by atomic mass is 16.3. The molecule has 2 rings (SSSR count). The minimum absolute atomic E-state index is 0.393. The lowest BCUT2D eigenvalue weighted by Gasteiger charge is -2.13. The molecule has 2 atom stereocenters. The number of aliphatic hydroxyl groups is 1. The Morgan fingerprint density at radius 2 is 1.55 bits per heavy atom. The van der Waals surface area contributed by atoms with E-state index in [1.165, 1.54) is 11.1 Å². The number of rotatable bonds is 6. The second kappa shape index (κ2) is 7.22. The summed E-state index contributed by atoms with van der Waals surface area (Å²) in [6.45, 7) is 5.84. The van der Waals surface area contributed by atoms with E-state index in [9.17, 15) is 5.11 Å². The first-order valence-electron chi connectivity index (χ1n) is 7.19. The lowest BCUT2D eigenvalue weighted by Crippen LogP contribution is -2.19. The van der Waals surface area contributed by atoms with Gasteiger partial charge in [-0.15, -0.1) is 0 Å². The molecule has 2 nitrogen and oxygen atoms in total. The maximum atomic E-state index is 9.47. The van der Waals surface area contributed by atoms with Crippen LogP contribution in [0.2, 0.25) is 0 Å². The van der Waals surface area contributed by atoms with Gasteiger partial charge in [0.15, 0.2) is 0 Å².